The van der Waals surface area contributed by atoms with Crippen LogP contribution in [0.2, 0.25) is 0 Å². The highest BCUT2D eigenvalue weighted by Gasteiger charge is 2.55. The first-order valence-electron chi connectivity index (χ1n) is 17.9. The zero-order chi connectivity index (χ0) is 27.1. The smallest absolute Gasteiger partial charge is 0.187 e. The summed E-state index contributed by atoms with van der Waals surface area (Å²) in [7, 11) is 0. The summed E-state index contributed by atoms with van der Waals surface area (Å²) in [6.07, 6.45) is 20.2. The minimum Gasteiger partial charge on any atom is -0.286 e. The highest BCUT2D eigenvalue weighted by Crippen LogP contribution is 2.46. The average Bonchev–Trinajstić information content (AvgIpc) is 3.73. The van der Waals surface area contributed by atoms with Gasteiger partial charge in [-0.1, -0.05) is 44.9 Å². The van der Waals surface area contributed by atoms with E-state index in [-0.39, 0.29) is 47.9 Å². The van der Waals surface area contributed by atoms with E-state index in [0.29, 0.717) is 66.1 Å². The predicted octanol–water partition coefficient (Wildman–Crippen LogP) is 1.37. The van der Waals surface area contributed by atoms with Crippen molar-refractivity contribution in [2.45, 2.75) is 152 Å². The van der Waals surface area contributed by atoms with E-state index in [2.05, 4.69) is 42.5 Å². The number of rotatable bonds is 0. The van der Waals surface area contributed by atoms with Crippen LogP contribution in [0.25, 0.3) is 0 Å². The lowest BCUT2D eigenvalue weighted by atomic mass is 9.76. The van der Waals surface area contributed by atoms with Gasteiger partial charge in [0.1, 0.15) is 6.17 Å². The van der Waals surface area contributed by atoms with Crippen LogP contribution in [-0.4, -0.2) is 72.9 Å². The van der Waals surface area contributed by atoms with E-state index >= 15 is 4.39 Å². The first-order chi connectivity index (χ1) is 20.2. The quantitative estimate of drug-likeness (QED) is 0.198. The molecule has 236 valence electrons. The van der Waals surface area contributed by atoms with E-state index in [9.17, 15) is 0 Å². The van der Waals surface area contributed by atoms with E-state index in [1.54, 1.807) is 0 Å². The molecule has 17 atom stereocenters. The van der Waals surface area contributed by atoms with Crippen LogP contribution >= 0.6 is 0 Å². The standard InChI is InChI=1S/C32H55FN8.Al.3H/c33-23-15-7-14-22-24(23)32-40-30-21-13-6-5-12-20(21)28(38-30)36-26-17-9-2-1-8-16(17)25(34-26)35-27-18-10-3-4-11-19(18)29(37-27)39-31(22)41-32;;;;/h16-32,34-41H,1-15H2;;;;. The van der Waals surface area contributed by atoms with E-state index in [0.717, 1.165) is 19.3 Å². The van der Waals surface area contributed by atoms with Crippen LogP contribution in [0.1, 0.15) is 96.3 Å². The molecule has 0 spiro atoms. The molecule has 9 fully saturated rings. The largest absolute Gasteiger partial charge is 0.286 e. The molecule has 4 saturated carbocycles. The number of halogens is 1. The Morgan fingerprint density at radius 1 is 0.310 bits per heavy atom. The maximum absolute atomic E-state index is 15.8. The monoisotopic (exact) mass is 600 g/mol. The second-order valence-electron chi connectivity index (χ2n) is 15.7. The Bertz CT molecular complexity index is 959. The van der Waals surface area contributed by atoms with Crippen molar-refractivity contribution in [3.63, 3.8) is 0 Å². The fraction of sp³-hybridized carbons (Fsp3) is 1.00. The molecule has 10 heteroatoms. The molecule has 5 saturated heterocycles. The van der Waals surface area contributed by atoms with E-state index in [4.69, 9.17) is 0 Å². The van der Waals surface area contributed by atoms with Crippen LogP contribution in [0.4, 0.5) is 4.39 Å². The molecule has 8 nitrogen and oxygen atoms in total. The zero-order valence-electron chi connectivity index (χ0n) is 24.8. The molecule has 5 aliphatic heterocycles. The first kappa shape index (κ1) is 29.5. The minimum atomic E-state index is -0.721. The maximum Gasteiger partial charge on any atom is 0.187 e. The molecule has 5 heterocycles. The molecule has 0 aromatic carbocycles. The van der Waals surface area contributed by atoms with E-state index < -0.39 is 6.17 Å². The van der Waals surface area contributed by atoms with Crippen LogP contribution in [0, 0.1) is 47.3 Å². The third-order valence-corrected chi connectivity index (χ3v) is 13.8. The molecule has 8 bridgehead atoms. The lowest BCUT2D eigenvalue weighted by Gasteiger charge is -2.36. The molecular formula is C32H58AlFN8. The lowest BCUT2D eigenvalue weighted by Crippen LogP contribution is -2.61. The van der Waals surface area contributed by atoms with Crippen LogP contribution in [0.15, 0.2) is 0 Å². The van der Waals surface area contributed by atoms with Crippen molar-refractivity contribution < 1.29 is 4.39 Å². The van der Waals surface area contributed by atoms with Crippen molar-refractivity contribution in [3.8, 4) is 0 Å². The Hall–Kier alpha value is 0.142. The van der Waals surface area contributed by atoms with Gasteiger partial charge >= 0.3 is 0 Å². The van der Waals surface area contributed by atoms with Gasteiger partial charge in [0.15, 0.2) is 17.4 Å². The van der Waals surface area contributed by atoms with Gasteiger partial charge in [-0.25, -0.2) is 4.39 Å². The SMILES string of the molecule is FC1CCCC2C3NC4NC(NC5NC(NC6NC(NC(N3)C12)C1CCCCC61)C1CCCCC51)C1CCCCC41.[AlH3]. The molecule has 8 N–H and O–H groups in total. The highest BCUT2D eigenvalue weighted by molar-refractivity contribution is 5.75. The second kappa shape index (κ2) is 12.1. The number of hydrogen-bond donors (Lipinski definition) is 8. The third-order valence-electron chi connectivity index (χ3n) is 13.8. The van der Waals surface area contributed by atoms with Gasteiger partial charge in [0.25, 0.3) is 0 Å². The van der Waals surface area contributed by atoms with E-state index in [1.165, 1.54) is 77.0 Å². The maximum atomic E-state index is 15.8. The van der Waals surface area contributed by atoms with E-state index in [1.807, 2.05) is 0 Å². The van der Waals surface area contributed by atoms with Gasteiger partial charge in [0.05, 0.1) is 49.3 Å². The van der Waals surface area contributed by atoms with Crippen LogP contribution in [0.3, 0.4) is 0 Å². The lowest BCUT2D eigenvalue weighted by molar-refractivity contribution is 0.0892. The second-order valence-corrected chi connectivity index (χ2v) is 15.7. The van der Waals surface area contributed by atoms with Crippen LogP contribution in [0.5, 0.6) is 0 Å². The van der Waals surface area contributed by atoms with Gasteiger partial charge in [-0.15, -0.1) is 0 Å². The van der Waals surface area contributed by atoms with Crippen molar-refractivity contribution in [2.24, 2.45) is 47.3 Å². The first-order valence-corrected chi connectivity index (χ1v) is 17.9. The average molecular weight is 601 g/mol. The Kier molecular flexibility index (Phi) is 8.48. The summed E-state index contributed by atoms with van der Waals surface area (Å²) in [5.74, 6) is 4.36. The number of nitrogens with one attached hydrogen (secondary N) is 8. The van der Waals surface area contributed by atoms with Crippen molar-refractivity contribution in [1.29, 1.82) is 0 Å². The molecule has 42 heavy (non-hydrogen) atoms. The number of fused-ring (bicyclic) bond motifs is 20. The highest BCUT2D eigenvalue weighted by atomic mass is 27.0. The van der Waals surface area contributed by atoms with Gasteiger partial charge < -0.3 is 0 Å². The Morgan fingerprint density at radius 2 is 0.571 bits per heavy atom. The fourth-order valence-corrected chi connectivity index (χ4v) is 12.0. The summed E-state index contributed by atoms with van der Waals surface area (Å²) in [5.41, 5.74) is 0. The fourth-order valence-electron chi connectivity index (χ4n) is 12.0. The van der Waals surface area contributed by atoms with Gasteiger partial charge in [-0.05, 0) is 92.8 Å². The Labute approximate surface area is 262 Å². The molecule has 0 aromatic heterocycles. The topological polar surface area (TPSA) is 96.2 Å². The normalized spacial score (nSPS) is 56.9. The van der Waals surface area contributed by atoms with Gasteiger partial charge in [0.2, 0.25) is 0 Å². The summed E-state index contributed by atoms with van der Waals surface area (Å²) in [6.45, 7) is 0. The summed E-state index contributed by atoms with van der Waals surface area (Å²) in [6, 6.07) is 0. The van der Waals surface area contributed by atoms with Crippen molar-refractivity contribution in [3.05, 3.63) is 0 Å². The molecule has 0 aromatic rings. The summed E-state index contributed by atoms with van der Waals surface area (Å²) in [4.78, 5) is 0. The molecule has 0 radical (unpaired) electrons. The molecule has 17 unspecified atom stereocenters. The van der Waals surface area contributed by atoms with Crippen molar-refractivity contribution in [1.82, 2.24) is 42.5 Å². The van der Waals surface area contributed by atoms with Crippen LogP contribution < -0.4 is 42.5 Å². The molecule has 0 amide bonds. The zero-order valence-corrected chi connectivity index (χ0v) is 24.8. The number of hydrogen-bond acceptors (Lipinski definition) is 8. The molecule has 9 aliphatic rings. The summed E-state index contributed by atoms with van der Waals surface area (Å²) >= 11 is 0. The number of alkyl halides is 1. The van der Waals surface area contributed by atoms with Crippen LogP contribution in [-0.2, 0) is 0 Å². The predicted molar refractivity (Wildman–Crippen MR) is 167 cm³/mol. The van der Waals surface area contributed by atoms with Crippen molar-refractivity contribution in [2.75, 3.05) is 0 Å². The Balaban J connectivity index is 0.00000267. The van der Waals surface area contributed by atoms with Crippen molar-refractivity contribution >= 4 is 17.4 Å². The van der Waals surface area contributed by atoms with Gasteiger partial charge in [-0.2, -0.15) is 0 Å². The molecule has 9 rings (SSSR count). The minimum absolute atomic E-state index is 0. The third kappa shape index (κ3) is 4.98. The summed E-state index contributed by atoms with van der Waals surface area (Å²) < 4.78 is 15.8. The van der Waals surface area contributed by atoms with Gasteiger partial charge in [0, 0.05) is 5.92 Å². The molecular weight excluding hydrogens is 542 g/mol. The van der Waals surface area contributed by atoms with Gasteiger partial charge in [-0.3, -0.25) is 42.5 Å². The Morgan fingerprint density at radius 3 is 0.905 bits per heavy atom. The molecule has 4 aliphatic carbocycles. The summed E-state index contributed by atoms with van der Waals surface area (Å²) in [5, 5.41) is 32.9.